The molecule has 2 aromatic carbocycles. The molecular weight excluding hydrogens is 333 g/mol. The zero-order chi connectivity index (χ0) is 15.8. The molecular formula is C15H12ClFeNO3. The van der Waals surface area contributed by atoms with Gasteiger partial charge in [-0.3, -0.25) is 0 Å². The zero-order valence-electron chi connectivity index (χ0n) is 11.1. The summed E-state index contributed by atoms with van der Waals surface area (Å²) in [6, 6.07) is 16.8. The van der Waals surface area contributed by atoms with Gasteiger partial charge >= 0.3 is 39.7 Å². The third-order valence-electron chi connectivity index (χ3n) is 1.67. The summed E-state index contributed by atoms with van der Waals surface area (Å²) in [7, 11) is 0. The minimum Gasteiger partial charge on any atom is -0.214 e. The van der Waals surface area contributed by atoms with Gasteiger partial charge in [-0.2, -0.15) is 18.2 Å². The van der Waals surface area contributed by atoms with Gasteiger partial charge in [0.1, 0.15) is 0 Å². The van der Waals surface area contributed by atoms with Crippen molar-refractivity contribution in [2.75, 3.05) is 0 Å². The van der Waals surface area contributed by atoms with Crippen molar-refractivity contribution in [3.05, 3.63) is 78.2 Å². The summed E-state index contributed by atoms with van der Waals surface area (Å²) in [5, 5.41) is 4.35. The van der Waals surface area contributed by atoms with E-state index >= 15 is 0 Å². The van der Waals surface area contributed by atoms with E-state index in [0.717, 1.165) is 0 Å². The average Bonchev–Trinajstić information content (AvgIpc) is 3.05. The summed E-state index contributed by atoms with van der Waals surface area (Å²) in [6.45, 7) is 10.4. The molecule has 2 rings (SSSR count). The van der Waals surface area contributed by atoms with Gasteiger partial charge in [-0.05, 0) is 19.1 Å². The van der Waals surface area contributed by atoms with Crippen LogP contribution in [0.3, 0.4) is 0 Å². The third kappa shape index (κ3) is 16.3. The summed E-state index contributed by atoms with van der Waals surface area (Å²) < 4.78 is 15.0. The molecule has 21 heavy (non-hydrogen) atoms. The van der Waals surface area contributed by atoms with Crippen LogP contribution in [0.2, 0.25) is 5.02 Å². The number of halogens is 1. The molecule has 110 valence electrons. The van der Waals surface area contributed by atoms with Gasteiger partial charge < -0.3 is 10.1 Å². The molecule has 0 radical (unpaired) electrons. The first kappa shape index (κ1) is 24.4. The number of amides is 1. The molecule has 6 heteroatoms. The first-order valence-electron chi connectivity index (χ1n) is 5.24. The van der Waals surface area contributed by atoms with Gasteiger partial charge in [0, 0.05) is 5.02 Å². The topological polar surface area (TPSA) is 71.0 Å². The van der Waals surface area contributed by atoms with E-state index in [1.54, 1.807) is 24.3 Å². The number of carbonyl (C=O) groups excluding carboxylic acids is 1. The molecule has 0 unspecified atom stereocenters. The van der Waals surface area contributed by atoms with E-state index in [1.165, 1.54) is 6.92 Å². The smallest absolute Gasteiger partial charge is 0.214 e. The monoisotopic (exact) mass is 345 g/mol. The van der Waals surface area contributed by atoms with Crippen LogP contribution in [-0.4, -0.2) is 5.91 Å². The molecule has 0 spiro atoms. The van der Waals surface area contributed by atoms with Crippen LogP contribution in [0.15, 0.2) is 54.6 Å². The van der Waals surface area contributed by atoms with Crippen molar-refractivity contribution in [2.24, 2.45) is 0 Å². The van der Waals surface area contributed by atoms with Gasteiger partial charge in [0.05, 0.1) is 5.91 Å². The number of hydrogen-bond donors (Lipinski definition) is 0. The van der Waals surface area contributed by atoms with Crippen molar-refractivity contribution < 1.29 is 31.2 Å². The third-order valence-corrected chi connectivity index (χ3v) is 1.92. The quantitative estimate of drug-likeness (QED) is 0.433. The predicted octanol–water partition coefficient (Wildman–Crippen LogP) is 4.22. The molecule has 0 aromatic heterocycles. The largest absolute Gasteiger partial charge is 2.00 e. The van der Waals surface area contributed by atoms with Gasteiger partial charge in [-0.25, -0.2) is 12.1 Å². The normalized spacial score (nSPS) is 6.95. The van der Waals surface area contributed by atoms with Crippen molar-refractivity contribution in [3.8, 4) is 0 Å². The van der Waals surface area contributed by atoms with Crippen molar-refractivity contribution in [1.29, 1.82) is 0 Å². The Morgan fingerprint density at radius 1 is 1.10 bits per heavy atom. The first-order chi connectivity index (χ1) is 9.68. The molecule has 0 saturated carbocycles. The molecule has 0 bridgehead atoms. The summed E-state index contributed by atoms with van der Waals surface area (Å²) in [6.07, 6.45) is 0. The van der Waals surface area contributed by atoms with Gasteiger partial charge in [-0.1, -0.05) is 23.7 Å². The number of rotatable bonds is 1. The van der Waals surface area contributed by atoms with Crippen molar-refractivity contribution in [1.82, 2.24) is 0 Å². The van der Waals surface area contributed by atoms with E-state index in [-0.39, 0.29) is 23.0 Å². The Morgan fingerprint density at radius 2 is 1.52 bits per heavy atom. The van der Waals surface area contributed by atoms with Crippen LogP contribution >= 0.6 is 11.6 Å². The second-order valence-corrected chi connectivity index (χ2v) is 3.51. The maximum atomic E-state index is 10.5. The first-order valence-corrected chi connectivity index (χ1v) is 5.61. The standard InChI is InChI=1S/C8H8ClNO.C5H5.2CO.Fe/c1-6(11)10-8-4-2-7(9)3-5-8;1-2-4-5-3-1;2*1-2;/h2-5H,1H3,(H,10,11);1-5H;;;/q;-1;;;+2/p-1. The zero-order valence-corrected chi connectivity index (χ0v) is 13.0. The van der Waals surface area contributed by atoms with Crippen LogP contribution in [0.4, 0.5) is 5.69 Å². The van der Waals surface area contributed by atoms with E-state index in [1.807, 2.05) is 30.3 Å². The summed E-state index contributed by atoms with van der Waals surface area (Å²) in [4.78, 5) is 10.5. The molecule has 2 aromatic rings. The maximum Gasteiger partial charge on any atom is 2.00 e. The van der Waals surface area contributed by atoms with E-state index in [9.17, 15) is 4.79 Å². The van der Waals surface area contributed by atoms with Crippen molar-refractivity contribution in [3.63, 3.8) is 0 Å². The maximum absolute atomic E-state index is 10.5. The molecule has 1 amide bonds. The molecule has 0 atom stereocenters. The van der Waals surface area contributed by atoms with Crippen LogP contribution in [0.25, 0.3) is 5.32 Å². The van der Waals surface area contributed by atoms with Crippen molar-refractivity contribution >= 4 is 23.2 Å². The summed E-state index contributed by atoms with van der Waals surface area (Å²) in [5.41, 5.74) is 0.641. The second-order valence-electron chi connectivity index (χ2n) is 3.07. The SMILES string of the molecule is CC(=O)[N-]c1ccc(Cl)cc1.[C-]#[O+].[C-]#[O+].[Fe+2].c1cc[cH-]c1. The number of benzene rings is 1. The Kier molecular flexibility index (Phi) is 21.3. The molecule has 0 aliphatic heterocycles. The van der Waals surface area contributed by atoms with Crippen LogP contribution in [0.1, 0.15) is 6.92 Å². The van der Waals surface area contributed by atoms with Gasteiger partial charge in [0.25, 0.3) is 0 Å². The molecule has 0 N–H and O–H groups in total. The fraction of sp³-hybridized carbons (Fsp3) is 0.0667. The van der Waals surface area contributed by atoms with E-state index in [4.69, 9.17) is 20.9 Å². The molecule has 0 aliphatic carbocycles. The van der Waals surface area contributed by atoms with Crippen LogP contribution in [-0.2, 0) is 31.2 Å². The second kappa shape index (κ2) is 18.3. The van der Waals surface area contributed by atoms with Crippen LogP contribution in [0, 0.1) is 13.3 Å². The molecule has 0 saturated heterocycles. The van der Waals surface area contributed by atoms with E-state index in [2.05, 4.69) is 18.6 Å². The Morgan fingerprint density at radius 3 is 1.81 bits per heavy atom. The molecule has 0 fully saturated rings. The minimum absolute atomic E-state index is 0. The number of nitrogens with zero attached hydrogens (tertiary/aromatic N) is 1. The van der Waals surface area contributed by atoms with Gasteiger partial charge in [0.2, 0.25) is 0 Å². The number of hydrogen-bond acceptors (Lipinski definition) is 1. The average molecular weight is 346 g/mol. The molecule has 0 aliphatic rings. The van der Waals surface area contributed by atoms with Crippen LogP contribution < -0.4 is 0 Å². The Hall–Kier alpha value is -1.67. The van der Waals surface area contributed by atoms with Crippen molar-refractivity contribution in [2.45, 2.75) is 6.92 Å². The summed E-state index contributed by atoms with van der Waals surface area (Å²) >= 11 is 5.62. The Balaban J connectivity index is -0.000000273. The number of carbonyl (C=O) groups is 1. The van der Waals surface area contributed by atoms with Crippen LogP contribution in [0.5, 0.6) is 0 Å². The minimum atomic E-state index is -0.202. The Bertz CT molecular complexity index is 469. The van der Waals surface area contributed by atoms with Gasteiger partial charge in [0.15, 0.2) is 0 Å². The van der Waals surface area contributed by atoms with Gasteiger partial charge in [-0.15, -0.1) is 5.69 Å². The fourth-order valence-corrected chi connectivity index (χ4v) is 1.14. The molecule has 4 nitrogen and oxygen atoms in total. The van der Waals surface area contributed by atoms with E-state index in [0.29, 0.717) is 10.7 Å². The fourth-order valence-electron chi connectivity index (χ4n) is 1.02. The predicted molar refractivity (Wildman–Crippen MR) is 75.0 cm³/mol. The summed E-state index contributed by atoms with van der Waals surface area (Å²) in [5.74, 6) is -0.202. The molecule has 0 heterocycles. The van der Waals surface area contributed by atoms with E-state index < -0.39 is 0 Å². The Labute approximate surface area is 139 Å².